The number of ether oxygens (including phenoxy) is 1. The van der Waals surface area contributed by atoms with E-state index in [1.165, 1.54) is 25.4 Å². The van der Waals surface area contributed by atoms with Crippen LogP contribution in [-0.2, 0) is 11.8 Å². The molecule has 3 N–H and O–H groups in total. The molecule has 3 heterocycles. The predicted molar refractivity (Wildman–Crippen MR) is 122 cm³/mol. The number of nitrogens with one attached hydrogen (secondary N) is 1. The van der Waals surface area contributed by atoms with Crippen LogP contribution in [0.25, 0.3) is 0 Å². The number of hydrogen-bond donors (Lipinski definition) is 3. The van der Waals surface area contributed by atoms with Crippen LogP contribution in [0.4, 0.5) is 0 Å². The minimum atomic E-state index is -0.937. The predicted octanol–water partition coefficient (Wildman–Crippen LogP) is 2.77. The number of furan rings is 1. The van der Waals surface area contributed by atoms with Gasteiger partial charge < -0.3 is 24.7 Å². The van der Waals surface area contributed by atoms with Gasteiger partial charge in [0.05, 0.1) is 28.9 Å². The van der Waals surface area contributed by atoms with E-state index in [9.17, 15) is 15.0 Å². The number of amides is 1. The molecule has 7 nitrogen and oxygen atoms in total. The number of aliphatic hydroxyl groups is 1. The summed E-state index contributed by atoms with van der Waals surface area (Å²) in [5.74, 6) is 1.18. The molecule has 7 rings (SSSR count). The number of benzene rings is 1. The van der Waals surface area contributed by atoms with Crippen LogP contribution in [0.1, 0.15) is 53.6 Å². The van der Waals surface area contributed by atoms with Crippen molar-refractivity contribution < 1.29 is 24.2 Å². The van der Waals surface area contributed by atoms with E-state index < -0.39 is 17.1 Å². The van der Waals surface area contributed by atoms with Crippen molar-refractivity contribution in [1.82, 2.24) is 10.2 Å². The Kier molecular flexibility index (Phi) is 4.61. The van der Waals surface area contributed by atoms with Gasteiger partial charge in [0.2, 0.25) is 0 Å². The van der Waals surface area contributed by atoms with Gasteiger partial charge in [-0.1, -0.05) is 6.07 Å². The molecule has 176 valence electrons. The first-order valence-corrected chi connectivity index (χ1v) is 11.8. The first kappa shape index (κ1) is 21.3. The zero-order valence-electron chi connectivity index (χ0n) is 18.3. The molecule has 5 atom stereocenters. The van der Waals surface area contributed by atoms with Gasteiger partial charge in [0.15, 0.2) is 11.5 Å². The summed E-state index contributed by atoms with van der Waals surface area (Å²) < 4.78 is 11.5. The maximum absolute atomic E-state index is 12.8. The highest BCUT2D eigenvalue weighted by Gasteiger charge is 2.73. The third kappa shape index (κ3) is 2.73. The first-order chi connectivity index (χ1) is 15.5. The van der Waals surface area contributed by atoms with E-state index in [0.29, 0.717) is 24.2 Å². The smallest absolute Gasteiger partial charge is 0.254 e. The number of aromatic hydroxyl groups is 1. The monoisotopic (exact) mass is 472 g/mol. The molecule has 33 heavy (non-hydrogen) atoms. The molecular formula is C25H29ClN2O5. The standard InChI is InChI=1S/C25H28N2O5.ClH/c28-18-4-3-15-11-19-25(30)7-5-17(26-23(29)16-6-10-31-13-16)22-24(25,20(15)21(18)32-22)8-9-27(19)12-14-1-2-14;/h3-4,6,10,13-14,17,19,22,28,30H,1-2,5,7-9,11-12H2,(H,26,29);1H/t17-,19+,22-,24-,25+;/m0./s1. The Hall–Kier alpha value is -2.22. The lowest BCUT2D eigenvalue weighted by atomic mass is 9.48. The molecule has 8 heteroatoms. The number of piperidine rings is 1. The van der Waals surface area contributed by atoms with Gasteiger partial charge in [-0.3, -0.25) is 9.69 Å². The van der Waals surface area contributed by atoms with E-state index in [1.54, 1.807) is 12.1 Å². The fourth-order valence-electron chi connectivity index (χ4n) is 7.27. The molecular weight excluding hydrogens is 444 g/mol. The third-order valence-electron chi connectivity index (χ3n) is 8.86. The van der Waals surface area contributed by atoms with Crippen LogP contribution in [-0.4, -0.2) is 57.9 Å². The SMILES string of the molecule is Cl.O=C(N[C@H]1CC[C@@]2(O)[C@H]3Cc4ccc(O)c5c4[C@@]2(CCN3CC2CC2)[C@H]1O5)c1ccoc1. The van der Waals surface area contributed by atoms with Crippen molar-refractivity contribution in [3.8, 4) is 11.5 Å². The minimum Gasteiger partial charge on any atom is -0.504 e. The lowest BCUT2D eigenvalue weighted by Gasteiger charge is -2.64. The molecule has 2 bridgehead atoms. The van der Waals surface area contributed by atoms with Crippen molar-refractivity contribution in [1.29, 1.82) is 0 Å². The molecule has 3 fully saturated rings. The molecule has 2 saturated carbocycles. The molecule has 1 aromatic heterocycles. The van der Waals surface area contributed by atoms with Crippen LogP contribution in [0.3, 0.4) is 0 Å². The molecule has 2 aromatic rings. The highest BCUT2D eigenvalue weighted by molar-refractivity contribution is 5.94. The zero-order chi connectivity index (χ0) is 21.7. The summed E-state index contributed by atoms with van der Waals surface area (Å²) in [6.45, 7) is 1.95. The van der Waals surface area contributed by atoms with Crippen molar-refractivity contribution in [3.05, 3.63) is 47.4 Å². The molecule has 2 aliphatic heterocycles. The van der Waals surface area contributed by atoms with Gasteiger partial charge in [0, 0.05) is 18.2 Å². The summed E-state index contributed by atoms with van der Waals surface area (Å²) in [5.41, 5.74) is 1.06. The first-order valence-electron chi connectivity index (χ1n) is 11.8. The number of phenolic OH excluding ortho intramolecular Hbond substituents is 1. The maximum atomic E-state index is 12.8. The fourth-order valence-corrected chi connectivity index (χ4v) is 7.27. The van der Waals surface area contributed by atoms with Crippen molar-refractivity contribution in [2.75, 3.05) is 13.1 Å². The molecule has 1 spiro atoms. The van der Waals surface area contributed by atoms with Crippen molar-refractivity contribution in [2.45, 2.75) is 67.7 Å². The van der Waals surface area contributed by atoms with Gasteiger partial charge in [-0.2, -0.15) is 0 Å². The number of halogens is 1. The normalized spacial score (nSPS) is 35.8. The lowest BCUT2D eigenvalue weighted by Crippen LogP contribution is -2.78. The molecule has 5 aliphatic rings. The number of nitrogens with zero attached hydrogens (tertiary/aromatic N) is 1. The largest absolute Gasteiger partial charge is 0.504 e. The second-order valence-corrected chi connectivity index (χ2v) is 10.4. The Morgan fingerprint density at radius 1 is 1.21 bits per heavy atom. The van der Waals surface area contributed by atoms with Gasteiger partial charge in [-0.05, 0) is 68.7 Å². The Morgan fingerprint density at radius 3 is 2.82 bits per heavy atom. The average Bonchev–Trinajstić information content (AvgIpc) is 3.27. The van der Waals surface area contributed by atoms with Crippen LogP contribution in [0.2, 0.25) is 0 Å². The number of carbonyl (C=O) groups is 1. The van der Waals surface area contributed by atoms with Crippen LogP contribution < -0.4 is 10.1 Å². The highest BCUT2D eigenvalue weighted by Crippen LogP contribution is 2.65. The van der Waals surface area contributed by atoms with Crippen LogP contribution >= 0.6 is 12.4 Å². The molecule has 0 unspecified atom stereocenters. The van der Waals surface area contributed by atoms with E-state index in [2.05, 4.69) is 10.2 Å². The van der Waals surface area contributed by atoms with Crippen molar-refractivity contribution in [3.63, 3.8) is 0 Å². The van der Waals surface area contributed by atoms with Gasteiger partial charge in [-0.25, -0.2) is 0 Å². The third-order valence-corrected chi connectivity index (χ3v) is 8.86. The minimum absolute atomic E-state index is 0. The van der Waals surface area contributed by atoms with Gasteiger partial charge in [0.1, 0.15) is 12.4 Å². The number of carbonyl (C=O) groups excluding carboxylic acids is 1. The Balaban J connectivity index is 0.00000206. The Labute approximate surface area is 198 Å². The molecule has 1 amide bonds. The van der Waals surface area contributed by atoms with E-state index in [-0.39, 0.29) is 36.1 Å². The maximum Gasteiger partial charge on any atom is 0.254 e. The average molecular weight is 473 g/mol. The fraction of sp³-hybridized carbons (Fsp3) is 0.560. The number of likely N-dealkylation sites (tertiary alicyclic amines) is 1. The zero-order valence-corrected chi connectivity index (χ0v) is 19.1. The topological polar surface area (TPSA) is 95.2 Å². The summed E-state index contributed by atoms with van der Waals surface area (Å²) in [6.07, 6.45) is 7.85. The Bertz CT molecular complexity index is 1100. The lowest BCUT2D eigenvalue weighted by molar-refractivity contribution is -0.191. The van der Waals surface area contributed by atoms with Crippen LogP contribution in [0.15, 0.2) is 35.1 Å². The highest BCUT2D eigenvalue weighted by atomic mass is 35.5. The molecule has 1 aromatic carbocycles. The van der Waals surface area contributed by atoms with Gasteiger partial charge in [-0.15, -0.1) is 12.4 Å². The summed E-state index contributed by atoms with van der Waals surface area (Å²) in [6, 6.07) is 5.14. The number of phenols is 1. The summed E-state index contributed by atoms with van der Waals surface area (Å²) >= 11 is 0. The van der Waals surface area contributed by atoms with Crippen LogP contribution in [0, 0.1) is 5.92 Å². The van der Waals surface area contributed by atoms with Gasteiger partial charge >= 0.3 is 0 Å². The van der Waals surface area contributed by atoms with Crippen LogP contribution in [0.5, 0.6) is 11.5 Å². The quantitative estimate of drug-likeness (QED) is 0.633. The summed E-state index contributed by atoms with van der Waals surface area (Å²) in [5, 5.41) is 26.2. The van der Waals surface area contributed by atoms with E-state index in [0.717, 1.165) is 43.0 Å². The van der Waals surface area contributed by atoms with Gasteiger partial charge in [0.25, 0.3) is 5.91 Å². The summed E-state index contributed by atoms with van der Waals surface area (Å²) in [4.78, 5) is 15.4. The second-order valence-electron chi connectivity index (χ2n) is 10.4. The molecule has 0 radical (unpaired) electrons. The number of hydrogen-bond acceptors (Lipinski definition) is 6. The van der Waals surface area contributed by atoms with E-state index in [1.807, 2.05) is 6.07 Å². The molecule has 1 saturated heterocycles. The Morgan fingerprint density at radius 2 is 2.06 bits per heavy atom. The van der Waals surface area contributed by atoms with Crippen molar-refractivity contribution in [2.24, 2.45) is 5.92 Å². The number of rotatable bonds is 4. The van der Waals surface area contributed by atoms with E-state index >= 15 is 0 Å². The second kappa shape index (κ2) is 7.14. The van der Waals surface area contributed by atoms with E-state index in [4.69, 9.17) is 9.15 Å². The molecule has 3 aliphatic carbocycles. The van der Waals surface area contributed by atoms with Crippen molar-refractivity contribution >= 4 is 18.3 Å². The summed E-state index contributed by atoms with van der Waals surface area (Å²) in [7, 11) is 0.